The lowest BCUT2D eigenvalue weighted by Crippen LogP contribution is -2.36. The van der Waals surface area contributed by atoms with Gasteiger partial charge in [0.15, 0.2) is 0 Å². The summed E-state index contributed by atoms with van der Waals surface area (Å²) in [6.45, 7) is 9.82. The minimum absolute atomic E-state index is 0.0284. The molecule has 0 heterocycles. The van der Waals surface area contributed by atoms with Crippen LogP contribution in [-0.4, -0.2) is 37.0 Å². The minimum Gasteiger partial charge on any atom is -0.463 e. The molecular weight excluding hydrogens is 272 g/mol. The van der Waals surface area contributed by atoms with Crippen molar-refractivity contribution < 1.29 is 19.1 Å². The zero-order valence-electron chi connectivity index (χ0n) is 13.7. The van der Waals surface area contributed by atoms with Gasteiger partial charge in [0.2, 0.25) is 11.8 Å². The molecule has 0 saturated heterocycles. The summed E-state index contributed by atoms with van der Waals surface area (Å²) in [7, 11) is 0. The lowest BCUT2D eigenvalue weighted by Gasteiger charge is -2.17. The lowest BCUT2D eigenvalue weighted by molar-refractivity contribution is -0.147. The highest BCUT2D eigenvalue weighted by Gasteiger charge is 2.20. The highest BCUT2D eigenvalue weighted by atomic mass is 16.5. The molecule has 21 heavy (non-hydrogen) atoms. The Morgan fingerprint density at radius 3 is 2.14 bits per heavy atom. The van der Waals surface area contributed by atoms with E-state index in [4.69, 9.17) is 4.74 Å². The van der Waals surface area contributed by atoms with Gasteiger partial charge < -0.3 is 15.4 Å². The van der Waals surface area contributed by atoms with Gasteiger partial charge in [0.1, 0.15) is 0 Å². The summed E-state index contributed by atoms with van der Waals surface area (Å²) in [5.41, 5.74) is -0.418. The maximum atomic E-state index is 11.6. The van der Waals surface area contributed by atoms with Crippen molar-refractivity contribution in [3.8, 4) is 0 Å². The predicted octanol–water partition coefficient (Wildman–Crippen LogP) is 1.39. The summed E-state index contributed by atoms with van der Waals surface area (Å²) in [6, 6.07) is 0. The molecule has 0 atom stereocenters. The molecule has 6 heteroatoms. The summed E-state index contributed by atoms with van der Waals surface area (Å²) >= 11 is 0. The van der Waals surface area contributed by atoms with Crippen molar-refractivity contribution in [2.75, 3.05) is 13.1 Å². The van der Waals surface area contributed by atoms with Gasteiger partial charge >= 0.3 is 5.97 Å². The van der Waals surface area contributed by atoms with E-state index in [1.54, 1.807) is 13.8 Å². The molecule has 0 aliphatic heterocycles. The zero-order chi connectivity index (χ0) is 16.5. The van der Waals surface area contributed by atoms with Crippen molar-refractivity contribution in [1.29, 1.82) is 0 Å². The maximum absolute atomic E-state index is 11.6. The molecule has 122 valence electrons. The molecular formula is C15H28N2O4. The van der Waals surface area contributed by atoms with E-state index < -0.39 is 5.41 Å². The second kappa shape index (κ2) is 9.37. The molecule has 0 aliphatic carbocycles. The van der Waals surface area contributed by atoms with Gasteiger partial charge in [-0.2, -0.15) is 0 Å². The SMILES string of the molecule is CC(C)OC(=O)CCNC(=O)CCCNC(=O)C(C)(C)C. The van der Waals surface area contributed by atoms with E-state index in [-0.39, 0.29) is 36.9 Å². The largest absolute Gasteiger partial charge is 0.463 e. The third-order valence-corrected chi connectivity index (χ3v) is 2.57. The number of nitrogens with one attached hydrogen (secondary N) is 2. The fraction of sp³-hybridized carbons (Fsp3) is 0.800. The van der Waals surface area contributed by atoms with E-state index in [1.807, 2.05) is 20.8 Å². The fourth-order valence-corrected chi connectivity index (χ4v) is 1.43. The van der Waals surface area contributed by atoms with Gasteiger partial charge in [-0.05, 0) is 20.3 Å². The molecule has 0 aromatic rings. The van der Waals surface area contributed by atoms with Gasteiger partial charge in [0, 0.05) is 24.9 Å². The lowest BCUT2D eigenvalue weighted by atomic mass is 9.96. The number of ether oxygens (including phenoxy) is 1. The van der Waals surface area contributed by atoms with E-state index in [9.17, 15) is 14.4 Å². The van der Waals surface area contributed by atoms with Gasteiger partial charge in [-0.3, -0.25) is 14.4 Å². The van der Waals surface area contributed by atoms with E-state index >= 15 is 0 Å². The Labute approximate surface area is 127 Å². The van der Waals surface area contributed by atoms with E-state index in [0.717, 1.165) is 0 Å². The first-order valence-corrected chi connectivity index (χ1v) is 7.37. The predicted molar refractivity (Wildman–Crippen MR) is 80.6 cm³/mol. The Morgan fingerprint density at radius 2 is 1.62 bits per heavy atom. The van der Waals surface area contributed by atoms with Gasteiger partial charge in [-0.15, -0.1) is 0 Å². The van der Waals surface area contributed by atoms with Crippen molar-refractivity contribution in [3.63, 3.8) is 0 Å². The van der Waals surface area contributed by atoms with E-state index in [2.05, 4.69) is 10.6 Å². The second-order valence-corrected chi connectivity index (χ2v) is 6.25. The molecule has 2 N–H and O–H groups in total. The smallest absolute Gasteiger partial charge is 0.307 e. The summed E-state index contributed by atoms with van der Waals surface area (Å²) in [5, 5.41) is 5.43. The van der Waals surface area contributed by atoms with Crippen LogP contribution in [0.1, 0.15) is 53.9 Å². The number of amides is 2. The van der Waals surface area contributed by atoms with Crippen LogP contribution in [0.3, 0.4) is 0 Å². The number of esters is 1. The van der Waals surface area contributed by atoms with Crippen LogP contribution in [0.5, 0.6) is 0 Å². The minimum atomic E-state index is -0.418. The maximum Gasteiger partial charge on any atom is 0.307 e. The molecule has 0 aromatic heterocycles. The number of rotatable bonds is 8. The van der Waals surface area contributed by atoms with Crippen LogP contribution in [0.4, 0.5) is 0 Å². The van der Waals surface area contributed by atoms with Crippen LogP contribution in [0.2, 0.25) is 0 Å². The van der Waals surface area contributed by atoms with Crippen molar-refractivity contribution in [3.05, 3.63) is 0 Å². The molecule has 0 spiro atoms. The van der Waals surface area contributed by atoms with E-state index in [0.29, 0.717) is 19.4 Å². The Kier molecular flexibility index (Phi) is 8.66. The van der Waals surface area contributed by atoms with Crippen molar-refractivity contribution in [1.82, 2.24) is 10.6 Å². The number of carbonyl (C=O) groups excluding carboxylic acids is 3. The third kappa shape index (κ3) is 10.8. The van der Waals surface area contributed by atoms with Crippen LogP contribution >= 0.6 is 0 Å². The van der Waals surface area contributed by atoms with Gasteiger partial charge in [-0.1, -0.05) is 20.8 Å². The number of carbonyl (C=O) groups is 3. The van der Waals surface area contributed by atoms with Crippen LogP contribution in [0, 0.1) is 5.41 Å². The Bertz CT molecular complexity index is 359. The molecule has 0 fully saturated rings. The number of hydrogen-bond acceptors (Lipinski definition) is 4. The topological polar surface area (TPSA) is 84.5 Å². The van der Waals surface area contributed by atoms with Crippen molar-refractivity contribution in [2.45, 2.75) is 60.0 Å². The Hall–Kier alpha value is -1.59. The highest BCUT2D eigenvalue weighted by Crippen LogP contribution is 2.12. The fourth-order valence-electron chi connectivity index (χ4n) is 1.43. The molecule has 2 amide bonds. The summed E-state index contributed by atoms with van der Waals surface area (Å²) in [4.78, 5) is 34.3. The normalized spacial score (nSPS) is 11.1. The first kappa shape index (κ1) is 19.4. The molecule has 0 bridgehead atoms. The zero-order valence-corrected chi connectivity index (χ0v) is 13.7. The van der Waals surface area contributed by atoms with Crippen molar-refractivity contribution >= 4 is 17.8 Å². The molecule has 0 aliphatic rings. The molecule has 0 radical (unpaired) electrons. The third-order valence-electron chi connectivity index (χ3n) is 2.57. The van der Waals surface area contributed by atoms with Gasteiger partial charge in [-0.25, -0.2) is 0 Å². The van der Waals surface area contributed by atoms with Crippen molar-refractivity contribution in [2.24, 2.45) is 5.41 Å². The summed E-state index contributed by atoms with van der Waals surface area (Å²) in [6.07, 6.45) is 0.929. The molecule has 0 saturated carbocycles. The molecule has 0 rings (SSSR count). The van der Waals surface area contributed by atoms with Gasteiger partial charge in [0.25, 0.3) is 0 Å². The first-order chi connectivity index (χ1) is 9.62. The summed E-state index contributed by atoms with van der Waals surface area (Å²) in [5.74, 6) is -0.473. The van der Waals surface area contributed by atoms with Crippen LogP contribution in [0.15, 0.2) is 0 Å². The molecule has 6 nitrogen and oxygen atoms in total. The number of hydrogen-bond donors (Lipinski definition) is 2. The first-order valence-electron chi connectivity index (χ1n) is 7.37. The summed E-state index contributed by atoms with van der Waals surface area (Å²) < 4.78 is 4.95. The Balaban J connectivity index is 3.64. The van der Waals surface area contributed by atoms with E-state index in [1.165, 1.54) is 0 Å². The quantitative estimate of drug-likeness (QED) is 0.524. The van der Waals surface area contributed by atoms with Gasteiger partial charge in [0.05, 0.1) is 12.5 Å². The molecule has 0 unspecified atom stereocenters. The highest BCUT2D eigenvalue weighted by molar-refractivity contribution is 5.81. The van der Waals surface area contributed by atoms with Crippen LogP contribution in [0.25, 0.3) is 0 Å². The molecule has 0 aromatic carbocycles. The standard InChI is InChI=1S/C15H28N2O4/c1-11(2)21-13(19)8-10-16-12(18)7-6-9-17-14(20)15(3,4)5/h11H,6-10H2,1-5H3,(H,16,18)(H,17,20). The average molecular weight is 300 g/mol. The van der Waals surface area contributed by atoms with Crippen LogP contribution < -0.4 is 10.6 Å². The monoisotopic (exact) mass is 300 g/mol. The second-order valence-electron chi connectivity index (χ2n) is 6.25. The Morgan fingerprint density at radius 1 is 1.00 bits per heavy atom. The van der Waals surface area contributed by atoms with Crippen LogP contribution in [-0.2, 0) is 19.1 Å². The average Bonchev–Trinajstić information content (AvgIpc) is 2.32.